The topological polar surface area (TPSA) is 30.9 Å². The van der Waals surface area contributed by atoms with Gasteiger partial charge < -0.3 is 14.2 Å². The van der Waals surface area contributed by atoms with Crippen LogP contribution in [0.1, 0.15) is 38.3 Å². The van der Waals surface area contributed by atoms with Crippen molar-refractivity contribution in [2.75, 3.05) is 26.8 Å². The van der Waals surface area contributed by atoms with Gasteiger partial charge in [0.2, 0.25) is 0 Å². The van der Waals surface area contributed by atoms with Crippen molar-refractivity contribution < 1.29 is 18.6 Å². The van der Waals surface area contributed by atoms with Gasteiger partial charge in [-0.1, -0.05) is 0 Å². The highest BCUT2D eigenvalue weighted by atomic mass is 19.1. The molecule has 1 aromatic rings. The standard InChI is InChI=1S/C17H24FNO3/c1-17(2)21-11-15(22-17)10-20-14-8-12(7-13(18)9-14)16-5-4-6-19(16)3/h7-9,15-16H,4-6,10-11H2,1-3H3. The molecular formula is C17H24FNO3. The molecule has 122 valence electrons. The van der Waals surface area contributed by atoms with Crippen LogP contribution in [0, 0.1) is 5.82 Å². The molecule has 0 spiro atoms. The van der Waals surface area contributed by atoms with E-state index in [9.17, 15) is 4.39 Å². The Morgan fingerprint density at radius 1 is 1.36 bits per heavy atom. The quantitative estimate of drug-likeness (QED) is 0.855. The molecule has 2 aliphatic heterocycles. The minimum Gasteiger partial charge on any atom is -0.491 e. The van der Waals surface area contributed by atoms with Gasteiger partial charge in [-0.2, -0.15) is 0 Å². The Kier molecular flexibility index (Phi) is 4.39. The van der Waals surface area contributed by atoms with E-state index in [1.54, 1.807) is 6.07 Å². The fourth-order valence-electron chi connectivity index (χ4n) is 3.23. The highest BCUT2D eigenvalue weighted by molar-refractivity contribution is 5.32. The second-order valence-electron chi connectivity index (χ2n) is 6.62. The molecule has 3 rings (SSSR count). The molecule has 0 saturated carbocycles. The van der Waals surface area contributed by atoms with Gasteiger partial charge in [0.25, 0.3) is 0 Å². The van der Waals surface area contributed by atoms with Crippen LogP contribution in [0.5, 0.6) is 5.75 Å². The summed E-state index contributed by atoms with van der Waals surface area (Å²) in [7, 11) is 2.08. The number of halogens is 1. The molecule has 0 bridgehead atoms. The average molecular weight is 309 g/mol. The maximum Gasteiger partial charge on any atom is 0.163 e. The van der Waals surface area contributed by atoms with Crippen LogP contribution in [0.4, 0.5) is 4.39 Å². The van der Waals surface area contributed by atoms with Gasteiger partial charge in [0.15, 0.2) is 5.79 Å². The predicted octanol–water partition coefficient (Wildman–Crippen LogP) is 3.12. The summed E-state index contributed by atoms with van der Waals surface area (Å²) in [4.78, 5) is 2.26. The summed E-state index contributed by atoms with van der Waals surface area (Å²) >= 11 is 0. The maximum absolute atomic E-state index is 13.9. The molecular weight excluding hydrogens is 285 g/mol. The van der Waals surface area contributed by atoms with Crippen LogP contribution < -0.4 is 4.74 Å². The Hall–Kier alpha value is -1.17. The number of ether oxygens (including phenoxy) is 3. The molecule has 2 heterocycles. The summed E-state index contributed by atoms with van der Waals surface area (Å²) in [5, 5.41) is 0. The fraction of sp³-hybridized carbons (Fsp3) is 0.647. The molecule has 0 N–H and O–H groups in total. The van der Waals surface area contributed by atoms with Crippen molar-refractivity contribution in [2.45, 2.75) is 44.6 Å². The van der Waals surface area contributed by atoms with Gasteiger partial charge in [-0.15, -0.1) is 0 Å². The Labute approximate surface area is 131 Å². The molecule has 2 fully saturated rings. The third-order valence-electron chi connectivity index (χ3n) is 4.30. The second-order valence-corrected chi connectivity index (χ2v) is 6.62. The molecule has 0 aliphatic carbocycles. The summed E-state index contributed by atoms with van der Waals surface area (Å²) in [6, 6.07) is 5.26. The van der Waals surface area contributed by atoms with Gasteiger partial charge in [0.1, 0.15) is 24.3 Å². The predicted molar refractivity (Wildman–Crippen MR) is 81.4 cm³/mol. The highest BCUT2D eigenvalue weighted by Gasteiger charge is 2.33. The molecule has 0 aromatic heterocycles. The smallest absolute Gasteiger partial charge is 0.163 e. The molecule has 2 atom stereocenters. The molecule has 4 nitrogen and oxygen atoms in total. The van der Waals surface area contributed by atoms with E-state index in [-0.39, 0.29) is 18.0 Å². The molecule has 2 saturated heterocycles. The number of nitrogens with zero attached hydrogens (tertiary/aromatic N) is 1. The molecule has 0 amide bonds. The summed E-state index contributed by atoms with van der Waals surface area (Å²) in [5.41, 5.74) is 0.985. The molecule has 2 aliphatic rings. The van der Waals surface area contributed by atoms with Gasteiger partial charge in [0.05, 0.1) is 6.61 Å². The lowest BCUT2D eigenvalue weighted by atomic mass is 10.0. The monoisotopic (exact) mass is 309 g/mol. The van der Waals surface area contributed by atoms with Crippen LogP contribution in [0.25, 0.3) is 0 Å². The maximum atomic E-state index is 13.9. The third kappa shape index (κ3) is 3.59. The number of rotatable bonds is 4. The third-order valence-corrected chi connectivity index (χ3v) is 4.30. The summed E-state index contributed by atoms with van der Waals surface area (Å²) in [6.07, 6.45) is 2.10. The number of hydrogen-bond donors (Lipinski definition) is 0. The Morgan fingerprint density at radius 3 is 2.82 bits per heavy atom. The van der Waals surface area contributed by atoms with Gasteiger partial charge in [0, 0.05) is 12.1 Å². The number of hydrogen-bond acceptors (Lipinski definition) is 4. The van der Waals surface area contributed by atoms with Gasteiger partial charge in [-0.3, -0.25) is 4.90 Å². The zero-order valence-electron chi connectivity index (χ0n) is 13.5. The highest BCUT2D eigenvalue weighted by Crippen LogP contribution is 2.33. The van der Waals surface area contributed by atoms with Crippen LogP contribution >= 0.6 is 0 Å². The van der Waals surface area contributed by atoms with Gasteiger partial charge in [-0.25, -0.2) is 4.39 Å². The first-order valence-electron chi connectivity index (χ1n) is 7.88. The first-order chi connectivity index (χ1) is 10.4. The minimum atomic E-state index is -0.562. The largest absolute Gasteiger partial charge is 0.491 e. The van der Waals surface area contributed by atoms with E-state index in [1.807, 2.05) is 19.9 Å². The Balaban J connectivity index is 1.65. The van der Waals surface area contributed by atoms with Crippen LogP contribution in [0.3, 0.4) is 0 Å². The van der Waals surface area contributed by atoms with E-state index in [1.165, 1.54) is 6.07 Å². The summed E-state index contributed by atoms with van der Waals surface area (Å²) in [6.45, 7) is 5.68. The van der Waals surface area contributed by atoms with E-state index < -0.39 is 5.79 Å². The van der Waals surface area contributed by atoms with Crippen molar-refractivity contribution in [1.82, 2.24) is 4.90 Å². The SMILES string of the molecule is CN1CCCC1c1cc(F)cc(OCC2COC(C)(C)O2)c1. The van der Waals surface area contributed by atoms with E-state index in [4.69, 9.17) is 14.2 Å². The van der Waals surface area contributed by atoms with Crippen molar-refractivity contribution in [3.63, 3.8) is 0 Å². The van der Waals surface area contributed by atoms with Crippen molar-refractivity contribution in [3.8, 4) is 5.75 Å². The van der Waals surface area contributed by atoms with Crippen molar-refractivity contribution in [1.29, 1.82) is 0 Å². The van der Waals surface area contributed by atoms with Crippen molar-refractivity contribution in [2.24, 2.45) is 0 Å². The Morgan fingerprint density at radius 2 is 2.18 bits per heavy atom. The first-order valence-corrected chi connectivity index (χ1v) is 7.88. The Bertz CT molecular complexity index is 535. The minimum absolute atomic E-state index is 0.115. The van der Waals surface area contributed by atoms with Crippen LogP contribution in [0.2, 0.25) is 0 Å². The van der Waals surface area contributed by atoms with Gasteiger partial charge >= 0.3 is 0 Å². The molecule has 5 heteroatoms. The van der Waals surface area contributed by atoms with E-state index in [2.05, 4.69) is 11.9 Å². The number of likely N-dealkylation sites (tertiary alicyclic amines) is 1. The van der Waals surface area contributed by atoms with Gasteiger partial charge in [-0.05, 0) is 58.0 Å². The lowest BCUT2D eigenvalue weighted by Gasteiger charge is -2.21. The molecule has 2 unspecified atom stereocenters. The lowest BCUT2D eigenvalue weighted by molar-refractivity contribution is -0.141. The molecule has 22 heavy (non-hydrogen) atoms. The van der Waals surface area contributed by atoms with Crippen LogP contribution in [0.15, 0.2) is 18.2 Å². The molecule has 1 aromatic carbocycles. The van der Waals surface area contributed by atoms with E-state index in [0.717, 1.165) is 24.9 Å². The summed E-state index contributed by atoms with van der Waals surface area (Å²) < 4.78 is 30.8. The summed E-state index contributed by atoms with van der Waals surface area (Å²) in [5.74, 6) is -0.256. The first kappa shape index (κ1) is 15.7. The lowest BCUT2D eigenvalue weighted by Crippen LogP contribution is -2.25. The normalized spacial score (nSPS) is 28.2. The van der Waals surface area contributed by atoms with E-state index in [0.29, 0.717) is 19.0 Å². The van der Waals surface area contributed by atoms with Crippen LogP contribution in [-0.4, -0.2) is 43.6 Å². The van der Waals surface area contributed by atoms with Crippen LogP contribution in [-0.2, 0) is 9.47 Å². The number of benzene rings is 1. The van der Waals surface area contributed by atoms with Crippen molar-refractivity contribution >= 4 is 0 Å². The zero-order chi connectivity index (χ0) is 15.7. The van der Waals surface area contributed by atoms with E-state index >= 15 is 0 Å². The average Bonchev–Trinajstić information content (AvgIpc) is 3.01. The zero-order valence-corrected chi connectivity index (χ0v) is 13.5. The molecule has 0 radical (unpaired) electrons. The van der Waals surface area contributed by atoms with Crippen molar-refractivity contribution in [3.05, 3.63) is 29.6 Å². The second kappa shape index (κ2) is 6.14. The fourth-order valence-corrected chi connectivity index (χ4v) is 3.23.